The van der Waals surface area contributed by atoms with Gasteiger partial charge in [0, 0.05) is 54.4 Å². The molecule has 0 unspecified atom stereocenters. The van der Waals surface area contributed by atoms with Gasteiger partial charge in [-0.3, -0.25) is 19.3 Å². The van der Waals surface area contributed by atoms with Crippen molar-refractivity contribution in [1.82, 2.24) is 19.8 Å². The van der Waals surface area contributed by atoms with Crippen LogP contribution in [0.25, 0.3) is 10.9 Å². The number of piperazine rings is 1. The first-order chi connectivity index (χ1) is 16.9. The van der Waals surface area contributed by atoms with Crippen LogP contribution in [0.1, 0.15) is 20.8 Å². The van der Waals surface area contributed by atoms with Gasteiger partial charge in [0.05, 0.1) is 11.0 Å². The number of aromatic nitrogens is 2. The van der Waals surface area contributed by atoms with Gasteiger partial charge in [-0.2, -0.15) is 0 Å². The summed E-state index contributed by atoms with van der Waals surface area (Å²) in [4.78, 5) is 37.1. The number of amides is 2. The molecule has 1 saturated heterocycles. The molecule has 2 aromatic carbocycles. The van der Waals surface area contributed by atoms with Gasteiger partial charge in [0.1, 0.15) is 10.6 Å². The predicted octanol–water partition coefficient (Wildman–Crippen LogP) is 3.09. The standard InChI is InChI=1S/C24H21N5O4S2/c30-23(28-11-13-29(14-12-28)24(31)20-15-34-16-26-20)18-6-8-19(9-7-18)27-35(32,33)21-5-1-3-17-4-2-10-25-22(17)21/h1-10,15-16,27H,11-14H2. The Labute approximate surface area is 206 Å². The number of hydrogen-bond donors (Lipinski definition) is 1. The van der Waals surface area contributed by atoms with Crippen LogP contribution in [0, 0.1) is 0 Å². The maximum Gasteiger partial charge on any atom is 0.273 e. The number of carbonyl (C=O) groups is 2. The fourth-order valence-electron chi connectivity index (χ4n) is 3.96. The van der Waals surface area contributed by atoms with Crippen molar-refractivity contribution >= 4 is 49.8 Å². The molecule has 0 saturated carbocycles. The van der Waals surface area contributed by atoms with Crippen molar-refractivity contribution in [3.05, 3.63) is 82.9 Å². The largest absolute Gasteiger partial charge is 0.335 e. The van der Waals surface area contributed by atoms with Crippen LogP contribution in [-0.4, -0.2) is 66.2 Å². The quantitative estimate of drug-likeness (QED) is 0.444. The first-order valence-electron chi connectivity index (χ1n) is 10.9. The SMILES string of the molecule is O=C(c1ccc(NS(=O)(=O)c2cccc3cccnc23)cc1)N1CCN(C(=O)c2cscn2)CC1. The average molecular weight is 508 g/mol. The van der Waals surface area contributed by atoms with E-state index in [0.29, 0.717) is 48.6 Å². The van der Waals surface area contributed by atoms with Crippen LogP contribution in [0.5, 0.6) is 0 Å². The van der Waals surface area contributed by atoms with E-state index < -0.39 is 10.0 Å². The van der Waals surface area contributed by atoms with E-state index in [1.54, 1.807) is 75.4 Å². The van der Waals surface area contributed by atoms with E-state index >= 15 is 0 Å². The molecule has 2 aromatic heterocycles. The maximum atomic E-state index is 13.0. The summed E-state index contributed by atoms with van der Waals surface area (Å²) >= 11 is 1.37. The second kappa shape index (κ2) is 9.43. The summed E-state index contributed by atoms with van der Waals surface area (Å²) in [5, 5.41) is 2.44. The van der Waals surface area contributed by atoms with E-state index in [4.69, 9.17) is 0 Å². The van der Waals surface area contributed by atoms with Crippen molar-refractivity contribution in [3.63, 3.8) is 0 Å². The van der Waals surface area contributed by atoms with E-state index in [0.717, 1.165) is 5.39 Å². The summed E-state index contributed by atoms with van der Waals surface area (Å²) in [6.45, 7) is 1.69. The highest BCUT2D eigenvalue weighted by Gasteiger charge is 2.26. The second-order valence-electron chi connectivity index (χ2n) is 7.97. The molecule has 0 spiro atoms. The van der Waals surface area contributed by atoms with Gasteiger partial charge in [-0.05, 0) is 36.4 Å². The molecule has 1 aliphatic rings. The molecule has 178 valence electrons. The van der Waals surface area contributed by atoms with Crippen LogP contribution in [-0.2, 0) is 10.0 Å². The van der Waals surface area contributed by atoms with Gasteiger partial charge in [-0.25, -0.2) is 13.4 Å². The minimum Gasteiger partial charge on any atom is -0.335 e. The molecule has 4 aromatic rings. The van der Waals surface area contributed by atoms with Gasteiger partial charge >= 0.3 is 0 Å². The molecular formula is C24H21N5O4S2. The van der Waals surface area contributed by atoms with Crippen molar-refractivity contribution in [3.8, 4) is 0 Å². The number of nitrogens with one attached hydrogen (secondary N) is 1. The van der Waals surface area contributed by atoms with E-state index in [-0.39, 0.29) is 16.7 Å². The Morgan fingerprint density at radius 2 is 1.54 bits per heavy atom. The highest BCUT2D eigenvalue weighted by molar-refractivity contribution is 7.93. The number of pyridine rings is 1. The lowest BCUT2D eigenvalue weighted by molar-refractivity contribution is 0.0533. The summed E-state index contributed by atoms with van der Waals surface area (Å²) in [6, 6.07) is 14.8. The van der Waals surface area contributed by atoms with E-state index in [9.17, 15) is 18.0 Å². The highest BCUT2D eigenvalue weighted by atomic mass is 32.2. The number of hydrogen-bond acceptors (Lipinski definition) is 7. The highest BCUT2D eigenvalue weighted by Crippen LogP contribution is 2.23. The topological polar surface area (TPSA) is 113 Å². The lowest BCUT2D eigenvalue weighted by atomic mass is 10.1. The zero-order chi connectivity index (χ0) is 24.4. The zero-order valence-electron chi connectivity index (χ0n) is 18.5. The third-order valence-corrected chi connectivity index (χ3v) is 7.77. The Balaban J connectivity index is 1.24. The van der Waals surface area contributed by atoms with Gasteiger partial charge < -0.3 is 9.80 Å². The van der Waals surface area contributed by atoms with Crippen LogP contribution in [0.4, 0.5) is 5.69 Å². The zero-order valence-corrected chi connectivity index (χ0v) is 20.1. The summed E-state index contributed by atoms with van der Waals surface area (Å²) in [5.74, 6) is -0.296. The normalized spacial score (nSPS) is 14.2. The Morgan fingerprint density at radius 3 is 2.23 bits per heavy atom. The molecule has 3 heterocycles. The van der Waals surface area contributed by atoms with Crippen LogP contribution in [0.15, 0.2) is 76.6 Å². The fraction of sp³-hybridized carbons (Fsp3) is 0.167. The molecule has 1 N–H and O–H groups in total. The van der Waals surface area contributed by atoms with E-state index in [1.165, 1.54) is 17.4 Å². The fourth-order valence-corrected chi connectivity index (χ4v) is 5.72. The number of anilines is 1. The molecule has 35 heavy (non-hydrogen) atoms. The lowest BCUT2D eigenvalue weighted by Crippen LogP contribution is -2.50. The van der Waals surface area contributed by atoms with Crippen molar-refractivity contribution in [2.24, 2.45) is 0 Å². The van der Waals surface area contributed by atoms with E-state index in [2.05, 4.69) is 14.7 Å². The Morgan fingerprint density at radius 1 is 0.857 bits per heavy atom. The number of nitrogens with zero attached hydrogens (tertiary/aromatic N) is 4. The van der Waals surface area contributed by atoms with Crippen molar-refractivity contribution in [1.29, 1.82) is 0 Å². The van der Waals surface area contributed by atoms with Crippen molar-refractivity contribution in [2.45, 2.75) is 4.90 Å². The molecule has 9 nitrogen and oxygen atoms in total. The lowest BCUT2D eigenvalue weighted by Gasteiger charge is -2.34. The summed E-state index contributed by atoms with van der Waals surface area (Å²) in [5.41, 5.74) is 3.22. The van der Waals surface area contributed by atoms with Gasteiger partial charge in [0.2, 0.25) is 0 Å². The predicted molar refractivity (Wildman–Crippen MR) is 133 cm³/mol. The molecule has 5 rings (SSSR count). The molecule has 0 aliphatic carbocycles. The molecule has 0 bridgehead atoms. The number of sulfonamides is 1. The molecular weight excluding hydrogens is 486 g/mol. The monoisotopic (exact) mass is 507 g/mol. The van der Waals surface area contributed by atoms with Crippen molar-refractivity contribution in [2.75, 3.05) is 30.9 Å². The van der Waals surface area contributed by atoms with Gasteiger partial charge in [-0.15, -0.1) is 11.3 Å². The molecule has 1 fully saturated rings. The molecule has 1 aliphatic heterocycles. The van der Waals surface area contributed by atoms with Gasteiger partial charge in [-0.1, -0.05) is 18.2 Å². The Kier molecular flexibility index (Phi) is 6.18. The average Bonchev–Trinajstić information content (AvgIpc) is 3.43. The minimum atomic E-state index is -3.88. The van der Waals surface area contributed by atoms with Crippen LogP contribution < -0.4 is 4.72 Å². The van der Waals surface area contributed by atoms with Crippen LogP contribution in [0.2, 0.25) is 0 Å². The smallest absolute Gasteiger partial charge is 0.273 e. The molecule has 11 heteroatoms. The summed E-state index contributed by atoms with van der Waals surface area (Å²) in [6.07, 6.45) is 1.55. The van der Waals surface area contributed by atoms with Crippen LogP contribution in [0.3, 0.4) is 0 Å². The van der Waals surface area contributed by atoms with E-state index in [1.807, 2.05) is 0 Å². The number of rotatable bonds is 5. The second-order valence-corrected chi connectivity index (χ2v) is 10.3. The van der Waals surface area contributed by atoms with Crippen LogP contribution >= 0.6 is 11.3 Å². The third kappa shape index (κ3) is 4.73. The maximum absolute atomic E-state index is 13.0. The number of para-hydroxylation sites is 1. The number of carbonyl (C=O) groups excluding carboxylic acids is 2. The van der Waals surface area contributed by atoms with Gasteiger partial charge in [0.25, 0.3) is 21.8 Å². The minimum absolute atomic E-state index is 0.0841. The summed E-state index contributed by atoms with van der Waals surface area (Å²) in [7, 11) is -3.88. The number of fused-ring (bicyclic) bond motifs is 1. The molecule has 0 radical (unpaired) electrons. The molecule has 0 atom stereocenters. The summed E-state index contributed by atoms with van der Waals surface area (Å²) < 4.78 is 28.5. The van der Waals surface area contributed by atoms with Crippen molar-refractivity contribution < 1.29 is 18.0 Å². The number of thiazole rings is 1. The molecule has 2 amide bonds. The first kappa shape index (κ1) is 22.9. The third-order valence-electron chi connectivity index (χ3n) is 5.77. The first-order valence-corrected chi connectivity index (χ1v) is 13.3. The Bertz CT molecular complexity index is 1470. The number of benzene rings is 2. The Hall–Kier alpha value is -3.83. The van der Waals surface area contributed by atoms with Gasteiger partial charge in [0.15, 0.2) is 0 Å².